The number of hydrogen-bond acceptors (Lipinski definition) is 6. The maximum Gasteiger partial charge on any atom is 0.306 e. The van der Waals surface area contributed by atoms with Gasteiger partial charge in [-0.1, -0.05) is 66.0 Å². The topological polar surface area (TPSA) is 111 Å². The summed E-state index contributed by atoms with van der Waals surface area (Å²) in [5.41, 5.74) is 13.7. The number of unbranched alkanes of at least 4 members (excludes halogenated alkanes) is 2. The summed E-state index contributed by atoms with van der Waals surface area (Å²) >= 11 is 0. The number of nitrogens with zero attached hydrogens (tertiary/aromatic N) is 1. The molecule has 4 aliphatic rings. The average molecular weight is 727 g/mol. The molecule has 7 nitrogen and oxygen atoms in total. The fourth-order valence-corrected chi connectivity index (χ4v) is 11.9. The number of fused-ring (bicyclic) bond motifs is 5. The normalized spacial score (nSPS) is 30.9. The van der Waals surface area contributed by atoms with E-state index in [1.165, 1.54) is 51.4 Å². The first-order valence-electron chi connectivity index (χ1n) is 22.3. The number of ether oxygens (including phenoxy) is 1. The number of esters is 1. The molecule has 0 heterocycles. The minimum Gasteiger partial charge on any atom is -0.462 e. The minimum absolute atomic E-state index is 0.00455. The van der Waals surface area contributed by atoms with Gasteiger partial charge in [0.15, 0.2) is 0 Å². The minimum atomic E-state index is -0.0873. The van der Waals surface area contributed by atoms with Crippen LogP contribution in [0.4, 0.5) is 0 Å². The summed E-state index contributed by atoms with van der Waals surface area (Å²) in [6.45, 7) is 19.8. The van der Waals surface area contributed by atoms with Crippen LogP contribution in [-0.2, 0) is 14.3 Å². The molecule has 4 aliphatic carbocycles. The molecule has 0 aromatic rings. The first kappa shape index (κ1) is 43.3. The molecule has 7 heteroatoms. The van der Waals surface area contributed by atoms with Crippen LogP contribution in [0.25, 0.3) is 0 Å². The Morgan fingerprint density at radius 2 is 1.62 bits per heavy atom. The number of nitrogens with two attached hydrogens (primary N) is 2. The largest absolute Gasteiger partial charge is 0.462 e. The van der Waals surface area contributed by atoms with Crippen molar-refractivity contribution >= 4 is 11.9 Å². The van der Waals surface area contributed by atoms with E-state index >= 15 is 0 Å². The van der Waals surface area contributed by atoms with Crippen molar-refractivity contribution in [2.45, 2.75) is 170 Å². The monoisotopic (exact) mass is 727 g/mol. The lowest BCUT2D eigenvalue weighted by molar-refractivity contribution is -0.151. The maximum atomic E-state index is 13.0. The van der Waals surface area contributed by atoms with E-state index < -0.39 is 0 Å². The van der Waals surface area contributed by atoms with Crippen molar-refractivity contribution in [1.29, 1.82) is 0 Å². The molecule has 0 radical (unpaired) electrons. The summed E-state index contributed by atoms with van der Waals surface area (Å²) < 4.78 is 6.12. The summed E-state index contributed by atoms with van der Waals surface area (Å²) in [6.07, 6.45) is 22.8. The van der Waals surface area contributed by atoms with E-state index in [1.54, 1.807) is 5.57 Å². The highest BCUT2D eigenvalue weighted by molar-refractivity contribution is 5.76. The van der Waals surface area contributed by atoms with E-state index in [4.69, 9.17) is 16.2 Å². The first-order chi connectivity index (χ1) is 25.0. The Balaban J connectivity index is 1.20. The lowest BCUT2D eigenvalue weighted by atomic mass is 9.47. The number of amides is 1. The van der Waals surface area contributed by atoms with E-state index in [9.17, 15) is 9.59 Å². The Morgan fingerprint density at radius 1 is 0.885 bits per heavy atom. The second kappa shape index (κ2) is 21.0. The molecule has 0 unspecified atom stereocenters. The van der Waals surface area contributed by atoms with Gasteiger partial charge in [-0.05, 0) is 168 Å². The molecule has 1 amide bonds. The number of hydrogen-bond donors (Lipinski definition) is 3. The molecule has 52 heavy (non-hydrogen) atoms. The van der Waals surface area contributed by atoms with Gasteiger partial charge >= 0.3 is 5.97 Å². The van der Waals surface area contributed by atoms with Crippen LogP contribution in [0.2, 0.25) is 0 Å². The maximum absolute atomic E-state index is 13.0. The molecule has 3 fully saturated rings. The Kier molecular flexibility index (Phi) is 17.5. The summed E-state index contributed by atoms with van der Waals surface area (Å²) in [5.74, 6) is 5.95. The van der Waals surface area contributed by atoms with Crippen molar-refractivity contribution in [3.8, 4) is 0 Å². The summed E-state index contributed by atoms with van der Waals surface area (Å²) in [7, 11) is 0. The standard InChI is InChI=1S/C45H82N4O3/c1-7-35(33(2)3)17-16-34(4)39-20-21-40-38-19-18-36-32-37(22-24-44(36,5)41(38)23-25-45(39,40)6)52-43(51)15-9-8-14-42(50)49(31-13-27-47)30-11-10-28-48-29-12-26-46/h18,33-35,37-41,48H,7-17,19-32,46-47H2,1-6H3/t34-,35-,37+,38+,39-,40+,41+,44+,45-/m1/s1. The molecular formula is C45H82N4O3. The van der Waals surface area contributed by atoms with E-state index in [0.29, 0.717) is 44.3 Å². The van der Waals surface area contributed by atoms with Gasteiger partial charge < -0.3 is 26.4 Å². The smallest absolute Gasteiger partial charge is 0.306 e. The van der Waals surface area contributed by atoms with Gasteiger partial charge in [0, 0.05) is 32.4 Å². The summed E-state index contributed by atoms with van der Waals surface area (Å²) in [5, 5.41) is 3.41. The van der Waals surface area contributed by atoms with E-state index in [1.807, 2.05) is 4.90 Å². The van der Waals surface area contributed by atoms with Crippen LogP contribution in [0.15, 0.2) is 11.6 Å². The average Bonchev–Trinajstić information content (AvgIpc) is 3.48. The molecule has 3 saturated carbocycles. The SMILES string of the molecule is CC[C@H](CC[C@@H](C)[C@H]1CC[C@H]2[C@@H]3CC=C4C[C@@H](OC(=O)CCCCC(=O)N(CCCN)CCCCNCCCN)CC[C@]4(C)[C@H]3CC[C@]12C)C(C)C. The van der Waals surface area contributed by atoms with Gasteiger partial charge in [-0.3, -0.25) is 9.59 Å². The van der Waals surface area contributed by atoms with Crippen LogP contribution < -0.4 is 16.8 Å². The zero-order valence-corrected chi connectivity index (χ0v) is 34.7. The number of nitrogens with one attached hydrogen (secondary N) is 1. The van der Waals surface area contributed by atoms with Gasteiger partial charge in [-0.15, -0.1) is 0 Å². The predicted octanol–water partition coefficient (Wildman–Crippen LogP) is 9.03. The summed E-state index contributed by atoms with van der Waals surface area (Å²) in [4.78, 5) is 28.0. The van der Waals surface area contributed by atoms with Crippen molar-refractivity contribution in [3.63, 3.8) is 0 Å². The number of carbonyl (C=O) groups excluding carboxylic acids is 2. The zero-order chi connectivity index (χ0) is 37.7. The second-order valence-corrected chi connectivity index (χ2v) is 18.6. The van der Waals surface area contributed by atoms with Crippen molar-refractivity contribution in [3.05, 3.63) is 11.6 Å². The molecule has 0 spiro atoms. The van der Waals surface area contributed by atoms with Gasteiger partial charge in [0.2, 0.25) is 5.91 Å². The fourth-order valence-electron chi connectivity index (χ4n) is 11.9. The number of allylic oxidation sites excluding steroid dienone is 1. The number of rotatable bonds is 23. The number of carbonyl (C=O) groups is 2. The molecule has 9 atom stereocenters. The van der Waals surface area contributed by atoms with Gasteiger partial charge in [-0.2, -0.15) is 0 Å². The summed E-state index contributed by atoms with van der Waals surface area (Å²) in [6, 6.07) is 0. The van der Waals surface area contributed by atoms with E-state index in [2.05, 4.69) is 52.9 Å². The molecule has 0 aromatic carbocycles. The van der Waals surface area contributed by atoms with Crippen LogP contribution in [0.1, 0.15) is 164 Å². The van der Waals surface area contributed by atoms with Crippen molar-refractivity contribution < 1.29 is 14.3 Å². The van der Waals surface area contributed by atoms with Crippen molar-refractivity contribution in [2.75, 3.05) is 39.3 Å². The molecular weight excluding hydrogens is 645 g/mol. The predicted molar refractivity (Wildman–Crippen MR) is 217 cm³/mol. The third-order valence-electron chi connectivity index (χ3n) is 15.2. The van der Waals surface area contributed by atoms with E-state index in [-0.39, 0.29) is 23.4 Å². The molecule has 0 aromatic heterocycles. The fraction of sp³-hybridized carbons (Fsp3) is 0.911. The Labute approximate surface area is 320 Å². The lowest BCUT2D eigenvalue weighted by Crippen LogP contribution is -2.51. The van der Waals surface area contributed by atoms with E-state index in [0.717, 1.165) is 112 Å². The highest BCUT2D eigenvalue weighted by Gasteiger charge is 2.59. The second-order valence-electron chi connectivity index (χ2n) is 18.6. The first-order valence-corrected chi connectivity index (χ1v) is 22.3. The lowest BCUT2D eigenvalue weighted by Gasteiger charge is -2.58. The molecule has 0 bridgehead atoms. The van der Waals surface area contributed by atoms with Gasteiger partial charge in [0.1, 0.15) is 6.10 Å². The van der Waals surface area contributed by atoms with Crippen molar-refractivity contribution in [1.82, 2.24) is 10.2 Å². The van der Waals surface area contributed by atoms with Gasteiger partial charge in [0.25, 0.3) is 0 Å². The molecule has 5 N–H and O–H groups in total. The van der Waals surface area contributed by atoms with Crippen LogP contribution in [-0.4, -0.2) is 62.1 Å². The Hall–Kier alpha value is -1.44. The van der Waals surface area contributed by atoms with Crippen LogP contribution in [0.5, 0.6) is 0 Å². The van der Waals surface area contributed by atoms with Crippen LogP contribution in [0.3, 0.4) is 0 Å². The molecule has 4 rings (SSSR count). The molecule has 300 valence electrons. The van der Waals surface area contributed by atoms with Crippen molar-refractivity contribution in [2.24, 2.45) is 63.7 Å². The highest BCUT2D eigenvalue weighted by Crippen LogP contribution is 2.67. The Morgan fingerprint density at radius 3 is 2.35 bits per heavy atom. The van der Waals surface area contributed by atoms with Gasteiger partial charge in [-0.25, -0.2) is 0 Å². The van der Waals surface area contributed by atoms with Crippen LogP contribution in [0, 0.1) is 52.3 Å². The van der Waals surface area contributed by atoms with Gasteiger partial charge in [0.05, 0.1) is 0 Å². The molecule has 0 saturated heterocycles. The third kappa shape index (κ3) is 11.1. The van der Waals surface area contributed by atoms with Crippen LogP contribution >= 0.6 is 0 Å². The molecule has 0 aliphatic heterocycles. The highest BCUT2D eigenvalue weighted by atomic mass is 16.5. The quantitative estimate of drug-likeness (QED) is 0.0551. The third-order valence-corrected chi connectivity index (χ3v) is 15.2. The Bertz CT molecular complexity index is 1130. The zero-order valence-electron chi connectivity index (χ0n) is 34.7.